The first-order valence-electron chi connectivity index (χ1n) is 6.62. The highest BCUT2D eigenvalue weighted by molar-refractivity contribution is 5.86. The summed E-state index contributed by atoms with van der Waals surface area (Å²) in [4.78, 5) is 43.5. The van der Waals surface area contributed by atoms with Crippen molar-refractivity contribution in [2.24, 2.45) is 0 Å². The highest BCUT2D eigenvalue weighted by Crippen LogP contribution is 2.15. The number of rotatable bonds is 7. The van der Waals surface area contributed by atoms with Crippen molar-refractivity contribution >= 4 is 17.9 Å². The Bertz CT molecular complexity index is 638. The fourth-order valence-electron chi connectivity index (χ4n) is 1.54. The largest absolute Gasteiger partial charge is 0.455 e. The smallest absolute Gasteiger partial charge is 0.333 e. The monoisotopic (exact) mass is 321 g/mol. The Labute approximate surface area is 131 Å². The molecule has 122 valence electrons. The standard InChI is InChI=1S/C15H15NO7/c1-10(2)15(19)22-9-12(16(20)21)7-14(18)23-13-5-3-11(8-17)4-6-13/h3,5-6,12H,1,4,7,9H2,2H3. The lowest BCUT2D eigenvalue weighted by Gasteiger charge is -2.11. The highest BCUT2D eigenvalue weighted by atomic mass is 16.6. The summed E-state index contributed by atoms with van der Waals surface area (Å²) in [5.41, 5.74) is 0.505. The van der Waals surface area contributed by atoms with E-state index >= 15 is 0 Å². The molecular formula is C15H15NO7. The topological polar surface area (TPSA) is 113 Å². The molecule has 0 saturated heterocycles. The first kappa shape index (κ1) is 18.1. The predicted molar refractivity (Wildman–Crippen MR) is 78.3 cm³/mol. The second-order valence-corrected chi connectivity index (χ2v) is 4.77. The molecule has 0 heterocycles. The molecule has 0 bridgehead atoms. The van der Waals surface area contributed by atoms with Crippen LogP contribution in [-0.2, 0) is 23.9 Å². The lowest BCUT2D eigenvalue weighted by atomic mass is 10.1. The number of carbonyl (C=O) groups is 2. The van der Waals surface area contributed by atoms with Gasteiger partial charge in [0.25, 0.3) is 6.04 Å². The molecule has 0 saturated carbocycles. The summed E-state index contributed by atoms with van der Waals surface area (Å²) in [6, 6.07) is -1.41. The van der Waals surface area contributed by atoms with E-state index in [4.69, 9.17) is 4.74 Å². The minimum atomic E-state index is -1.41. The first-order chi connectivity index (χ1) is 10.8. The summed E-state index contributed by atoms with van der Waals surface area (Å²) >= 11 is 0. The van der Waals surface area contributed by atoms with E-state index in [9.17, 15) is 24.5 Å². The SMILES string of the molecule is C=C(C)C(=O)OCC(CC(=O)OC1=CCC(=C=O)C=C1)[N+](=O)[O-]. The van der Waals surface area contributed by atoms with Gasteiger partial charge in [0.2, 0.25) is 0 Å². The van der Waals surface area contributed by atoms with Crippen LogP contribution in [0.4, 0.5) is 0 Å². The van der Waals surface area contributed by atoms with Gasteiger partial charge in [0, 0.05) is 22.5 Å². The molecule has 1 unspecified atom stereocenters. The molecule has 1 aliphatic rings. The van der Waals surface area contributed by atoms with Gasteiger partial charge in [0.1, 0.15) is 18.1 Å². The Morgan fingerprint density at radius 2 is 2.17 bits per heavy atom. The van der Waals surface area contributed by atoms with E-state index in [-0.39, 0.29) is 17.8 Å². The second kappa shape index (κ2) is 8.45. The van der Waals surface area contributed by atoms with Crippen LogP contribution in [-0.4, -0.2) is 35.5 Å². The lowest BCUT2D eigenvalue weighted by molar-refractivity contribution is -0.524. The normalized spacial score (nSPS) is 14.3. The molecular weight excluding hydrogens is 306 g/mol. The average Bonchev–Trinajstić information content (AvgIpc) is 2.51. The molecule has 0 radical (unpaired) electrons. The maximum absolute atomic E-state index is 11.7. The van der Waals surface area contributed by atoms with Gasteiger partial charge < -0.3 is 9.47 Å². The Hall–Kier alpha value is -2.99. The highest BCUT2D eigenvalue weighted by Gasteiger charge is 2.27. The molecule has 0 fully saturated rings. The number of hydrogen-bond acceptors (Lipinski definition) is 7. The summed E-state index contributed by atoms with van der Waals surface area (Å²) < 4.78 is 9.63. The molecule has 0 aromatic rings. The fourth-order valence-corrected chi connectivity index (χ4v) is 1.54. The molecule has 0 spiro atoms. The van der Waals surface area contributed by atoms with Crippen LogP contribution in [0, 0.1) is 10.1 Å². The fraction of sp³-hybridized carbons (Fsp3) is 0.333. The molecule has 8 nitrogen and oxygen atoms in total. The number of esters is 2. The van der Waals surface area contributed by atoms with E-state index in [1.807, 2.05) is 0 Å². The molecule has 0 N–H and O–H groups in total. The number of allylic oxidation sites excluding steroid dienone is 4. The predicted octanol–water partition coefficient (Wildman–Crippen LogP) is 1.29. The van der Waals surface area contributed by atoms with Gasteiger partial charge in [0.15, 0.2) is 6.61 Å². The van der Waals surface area contributed by atoms with E-state index in [2.05, 4.69) is 11.3 Å². The van der Waals surface area contributed by atoms with Gasteiger partial charge in [-0.05, 0) is 25.2 Å². The van der Waals surface area contributed by atoms with Gasteiger partial charge in [-0.2, -0.15) is 0 Å². The van der Waals surface area contributed by atoms with Gasteiger partial charge in [-0.25, -0.2) is 9.59 Å². The first-order valence-corrected chi connectivity index (χ1v) is 6.62. The molecule has 8 heteroatoms. The minimum absolute atomic E-state index is 0.103. The summed E-state index contributed by atoms with van der Waals surface area (Å²) in [5.74, 6) is 0.293. The molecule has 0 amide bonds. The summed E-state index contributed by atoms with van der Waals surface area (Å²) in [6.07, 6.45) is 4.02. The van der Waals surface area contributed by atoms with E-state index in [0.717, 1.165) is 0 Å². The minimum Gasteiger partial charge on any atom is -0.455 e. The van der Waals surface area contributed by atoms with Crippen molar-refractivity contribution in [1.29, 1.82) is 0 Å². The van der Waals surface area contributed by atoms with Crippen LogP contribution in [0.1, 0.15) is 19.8 Å². The maximum atomic E-state index is 11.7. The maximum Gasteiger partial charge on any atom is 0.333 e. The van der Waals surface area contributed by atoms with E-state index < -0.39 is 35.9 Å². The van der Waals surface area contributed by atoms with Crippen LogP contribution in [0.5, 0.6) is 0 Å². The average molecular weight is 321 g/mol. The molecule has 1 rings (SSSR count). The zero-order chi connectivity index (χ0) is 17.4. The Balaban J connectivity index is 2.55. The van der Waals surface area contributed by atoms with E-state index in [1.54, 1.807) is 5.94 Å². The van der Waals surface area contributed by atoms with Gasteiger partial charge in [0.05, 0.1) is 0 Å². The van der Waals surface area contributed by atoms with E-state index in [1.165, 1.54) is 25.2 Å². The lowest BCUT2D eigenvalue weighted by Crippen LogP contribution is -2.30. The van der Waals surface area contributed by atoms with Crippen LogP contribution in [0.3, 0.4) is 0 Å². The number of hydrogen-bond donors (Lipinski definition) is 0. The summed E-state index contributed by atoms with van der Waals surface area (Å²) in [7, 11) is 0. The summed E-state index contributed by atoms with van der Waals surface area (Å²) in [6.45, 7) is 4.20. The molecule has 23 heavy (non-hydrogen) atoms. The molecule has 0 aromatic carbocycles. The van der Waals surface area contributed by atoms with Gasteiger partial charge in [-0.1, -0.05) is 6.58 Å². The molecule has 1 atom stereocenters. The molecule has 0 aliphatic heterocycles. The number of carbonyl (C=O) groups excluding carboxylic acids is 3. The van der Waals surface area contributed by atoms with Crippen molar-refractivity contribution in [3.8, 4) is 0 Å². The van der Waals surface area contributed by atoms with Crippen LogP contribution in [0.2, 0.25) is 0 Å². The third kappa shape index (κ3) is 6.11. The quantitative estimate of drug-likeness (QED) is 0.228. The Kier molecular flexibility index (Phi) is 6.64. The van der Waals surface area contributed by atoms with Gasteiger partial charge in [-0.15, -0.1) is 0 Å². The van der Waals surface area contributed by atoms with Crippen molar-refractivity contribution < 1.29 is 28.8 Å². The third-order valence-electron chi connectivity index (χ3n) is 2.79. The third-order valence-corrected chi connectivity index (χ3v) is 2.79. The number of ether oxygens (including phenoxy) is 2. The summed E-state index contributed by atoms with van der Waals surface area (Å²) in [5, 5.41) is 10.9. The van der Waals surface area contributed by atoms with Crippen molar-refractivity contribution in [2.75, 3.05) is 6.61 Å². The van der Waals surface area contributed by atoms with Crippen molar-refractivity contribution in [2.45, 2.75) is 25.8 Å². The van der Waals surface area contributed by atoms with Crippen molar-refractivity contribution in [3.63, 3.8) is 0 Å². The van der Waals surface area contributed by atoms with Crippen LogP contribution >= 0.6 is 0 Å². The van der Waals surface area contributed by atoms with E-state index in [0.29, 0.717) is 5.57 Å². The van der Waals surface area contributed by atoms with Gasteiger partial charge >= 0.3 is 11.9 Å². The second-order valence-electron chi connectivity index (χ2n) is 4.77. The van der Waals surface area contributed by atoms with Crippen molar-refractivity contribution in [3.05, 3.63) is 51.8 Å². The van der Waals surface area contributed by atoms with Crippen molar-refractivity contribution in [1.82, 2.24) is 0 Å². The number of nitrogens with zero attached hydrogens (tertiary/aromatic N) is 1. The molecule has 0 aromatic heterocycles. The van der Waals surface area contributed by atoms with Crippen LogP contribution in [0.15, 0.2) is 41.7 Å². The van der Waals surface area contributed by atoms with Crippen LogP contribution in [0.25, 0.3) is 0 Å². The molecule has 1 aliphatic carbocycles. The Morgan fingerprint density at radius 1 is 1.48 bits per heavy atom. The number of nitro groups is 1. The zero-order valence-electron chi connectivity index (χ0n) is 12.4. The van der Waals surface area contributed by atoms with Crippen LogP contribution < -0.4 is 0 Å². The Morgan fingerprint density at radius 3 is 2.65 bits per heavy atom. The zero-order valence-corrected chi connectivity index (χ0v) is 12.4. The van der Waals surface area contributed by atoms with Gasteiger partial charge in [-0.3, -0.25) is 14.9 Å².